The van der Waals surface area contributed by atoms with Crippen molar-refractivity contribution < 1.29 is 24.2 Å². The number of H-pyrrole nitrogens is 1. The summed E-state index contributed by atoms with van der Waals surface area (Å²) in [6.07, 6.45) is 5.52. The summed E-state index contributed by atoms with van der Waals surface area (Å²) in [6.45, 7) is 4.23. The van der Waals surface area contributed by atoms with Crippen LogP contribution in [0.25, 0.3) is 11.3 Å². The molecule has 0 bridgehead atoms. The van der Waals surface area contributed by atoms with Crippen LogP contribution in [0.15, 0.2) is 72.9 Å². The van der Waals surface area contributed by atoms with Crippen LogP contribution < -0.4 is 10.1 Å². The number of hydrogen-bond acceptors (Lipinski definition) is 7. The first kappa shape index (κ1) is 37.7. The molecule has 4 heterocycles. The number of likely N-dealkylation sites (tertiary alicyclic amines) is 3. The highest BCUT2D eigenvalue weighted by molar-refractivity contribution is 6.42. The molecule has 0 aliphatic carbocycles. The average molecular weight is 775 g/mol. The van der Waals surface area contributed by atoms with Crippen LogP contribution in [0.5, 0.6) is 5.75 Å². The van der Waals surface area contributed by atoms with E-state index in [1.54, 1.807) is 24.3 Å². The molecule has 3 saturated heterocycles. The first-order chi connectivity index (χ1) is 26.1. The Bertz CT molecular complexity index is 1960. The summed E-state index contributed by atoms with van der Waals surface area (Å²) in [5.41, 5.74) is 3.06. The molecule has 3 fully saturated rings. The van der Waals surface area contributed by atoms with Gasteiger partial charge >= 0.3 is 12.0 Å². The second-order valence-corrected chi connectivity index (χ2v) is 15.5. The minimum absolute atomic E-state index is 0.118. The van der Waals surface area contributed by atoms with Crippen molar-refractivity contribution in [3.63, 3.8) is 0 Å². The van der Waals surface area contributed by atoms with E-state index in [0.717, 1.165) is 62.0 Å². The van der Waals surface area contributed by atoms with Crippen molar-refractivity contribution >= 4 is 41.1 Å². The van der Waals surface area contributed by atoms with Crippen LogP contribution >= 0.6 is 23.2 Å². The van der Waals surface area contributed by atoms with Crippen LogP contribution in [0.2, 0.25) is 10.0 Å². The Morgan fingerprint density at radius 1 is 0.907 bits per heavy atom. The van der Waals surface area contributed by atoms with Gasteiger partial charge in [0.2, 0.25) is 0 Å². The number of hydrogen-bond donors (Lipinski definition) is 3. The fraction of sp³-hybridized carbons (Fsp3) is 0.425. The van der Waals surface area contributed by atoms with E-state index in [2.05, 4.69) is 37.8 Å². The number of piperidine rings is 2. The van der Waals surface area contributed by atoms with Crippen LogP contribution in [0.3, 0.4) is 0 Å². The number of aromatic nitrogens is 3. The van der Waals surface area contributed by atoms with Crippen LogP contribution in [-0.2, 0) is 15.7 Å². The highest BCUT2D eigenvalue weighted by Crippen LogP contribution is 2.42. The third-order valence-electron chi connectivity index (χ3n) is 11.7. The Hall–Kier alpha value is -4.65. The van der Waals surface area contributed by atoms with Gasteiger partial charge in [-0.25, -0.2) is 4.79 Å². The second kappa shape index (κ2) is 16.0. The van der Waals surface area contributed by atoms with Gasteiger partial charge in [0, 0.05) is 50.2 Å². The fourth-order valence-electron chi connectivity index (χ4n) is 8.39. The number of methoxy groups -OCH3 is 1. The largest absolute Gasteiger partial charge is 0.496 e. The van der Waals surface area contributed by atoms with E-state index in [9.17, 15) is 19.5 Å². The fourth-order valence-corrected chi connectivity index (χ4v) is 8.69. The number of halogens is 2. The zero-order chi connectivity index (χ0) is 37.9. The molecule has 284 valence electrons. The van der Waals surface area contributed by atoms with Gasteiger partial charge in [-0.15, -0.1) is 0 Å². The number of urea groups is 1. The first-order valence-corrected chi connectivity index (χ1v) is 19.2. The number of aromatic amines is 1. The number of aliphatic carboxylic acids is 1. The Kier molecular flexibility index (Phi) is 11.1. The molecular formula is C40H45Cl2N7O5. The molecule has 7 rings (SSSR count). The predicted molar refractivity (Wildman–Crippen MR) is 206 cm³/mol. The third-order valence-corrected chi connectivity index (χ3v) is 12.5. The summed E-state index contributed by atoms with van der Waals surface area (Å²) in [5.74, 6) is -0.828. The summed E-state index contributed by atoms with van der Waals surface area (Å²) in [7, 11) is 1.56. The van der Waals surface area contributed by atoms with Gasteiger partial charge in [-0.3, -0.25) is 9.59 Å². The average Bonchev–Trinajstić information content (AvgIpc) is 3.91. The maximum Gasteiger partial charge on any atom is 0.318 e. The molecule has 1 atom stereocenters. The Morgan fingerprint density at radius 2 is 1.67 bits per heavy atom. The van der Waals surface area contributed by atoms with Crippen molar-refractivity contribution in [2.45, 2.75) is 49.5 Å². The highest BCUT2D eigenvalue weighted by atomic mass is 35.5. The number of carbonyl (C=O) groups is 3. The van der Waals surface area contributed by atoms with Gasteiger partial charge in [0.25, 0.3) is 5.91 Å². The van der Waals surface area contributed by atoms with Crippen LogP contribution in [0, 0.1) is 5.92 Å². The van der Waals surface area contributed by atoms with Gasteiger partial charge in [-0.1, -0.05) is 59.6 Å². The summed E-state index contributed by atoms with van der Waals surface area (Å²) >= 11 is 13.0. The van der Waals surface area contributed by atoms with E-state index in [1.165, 1.54) is 0 Å². The van der Waals surface area contributed by atoms with Crippen molar-refractivity contribution in [2.75, 3.05) is 52.9 Å². The molecule has 3 aromatic carbocycles. The molecule has 3 N–H and O–H groups in total. The van der Waals surface area contributed by atoms with Gasteiger partial charge in [0.15, 0.2) is 0 Å². The lowest BCUT2D eigenvalue weighted by Crippen LogP contribution is -2.57. The summed E-state index contributed by atoms with van der Waals surface area (Å²) in [4.78, 5) is 45.5. The van der Waals surface area contributed by atoms with E-state index >= 15 is 0 Å². The molecule has 1 aromatic heterocycles. The molecular weight excluding hydrogens is 729 g/mol. The summed E-state index contributed by atoms with van der Waals surface area (Å²) in [6, 6.07) is 21.2. The lowest BCUT2D eigenvalue weighted by Gasteiger charge is -2.45. The molecule has 12 nitrogen and oxygen atoms in total. The number of carboxylic acids is 1. The van der Waals surface area contributed by atoms with Crippen molar-refractivity contribution in [3.05, 3.63) is 99.7 Å². The molecule has 0 saturated carbocycles. The van der Waals surface area contributed by atoms with Gasteiger partial charge in [-0.05, 0) is 86.5 Å². The van der Waals surface area contributed by atoms with Crippen molar-refractivity contribution in [1.82, 2.24) is 35.4 Å². The second-order valence-electron chi connectivity index (χ2n) is 14.7. The molecule has 3 aliphatic heterocycles. The Morgan fingerprint density at radius 3 is 2.33 bits per heavy atom. The van der Waals surface area contributed by atoms with Crippen molar-refractivity contribution in [1.29, 1.82) is 0 Å². The number of carbonyl (C=O) groups excluding carboxylic acids is 2. The number of nitrogens with one attached hydrogen (secondary N) is 2. The smallest absolute Gasteiger partial charge is 0.318 e. The molecule has 3 aliphatic rings. The Balaban J connectivity index is 1.07. The van der Waals surface area contributed by atoms with E-state index in [1.807, 2.05) is 53.4 Å². The van der Waals surface area contributed by atoms with Gasteiger partial charge < -0.3 is 29.9 Å². The van der Waals surface area contributed by atoms with Gasteiger partial charge in [0.05, 0.1) is 40.4 Å². The number of carboxylic acid groups (broad SMARTS) is 1. The zero-order valence-electron chi connectivity index (χ0n) is 30.3. The van der Waals surface area contributed by atoms with Crippen LogP contribution in [-0.4, -0.2) is 106 Å². The monoisotopic (exact) mass is 773 g/mol. The highest BCUT2D eigenvalue weighted by Gasteiger charge is 2.44. The molecule has 0 spiro atoms. The summed E-state index contributed by atoms with van der Waals surface area (Å²) < 4.78 is 5.63. The molecule has 3 amide bonds. The summed E-state index contributed by atoms with van der Waals surface area (Å²) in [5, 5.41) is 24.5. The lowest BCUT2D eigenvalue weighted by atomic mass is 9.76. The molecule has 14 heteroatoms. The maximum atomic E-state index is 14.2. The number of benzene rings is 3. The SMILES string of the molecule is COc1ccc(-c2cn[nH]n2)cc1C(=O)N1CCC(CCN2CCC(NC(=O)N3CCC(C(=O)O)CC3)(c3ccccc3)CC2)(c2ccc(Cl)c(Cl)c2)C1. The van der Waals surface area contributed by atoms with E-state index in [-0.39, 0.29) is 17.4 Å². The van der Waals surface area contributed by atoms with Crippen molar-refractivity contribution in [3.8, 4) is 17.0 Å². The van der Waals surface area contributed by atoms with E-state index in [0.29, 0.717) is 66.1 Å². The number of ether oxygens (including phenoxy) is 1. The van der Waals surface area contributed by atoms with Gasteiger partial charge in [-0.2, -0.15) is 15.4 Å². The zero-order valence-corrected chi connectivity index (χ0v) is 31.8. The lowest BCUT2D eigenvalue weighted by molar-refractivity contribution is -0.143. The Labute approximate surface area is 324 Å². The van der Waals surface area contributed by atoms with Gasteiger partial charge in [0.1, 0.15) is 11.4 Å². The molecule has 4 aromatic rings. The van der Waals surface area contributed by atoms with E-state index in [4.69, 9.17) is 27.9 Å². The van der Waals surface area contributed by atoms with Crippen LogP contribution in [0.1, 0.15) is 60.0 Å². The predicted octanol–water partition coefficient (Wildman–Crippen LogP) is 6.46. The quantitative estimate of drug-likeness (QED) is 0.167. The third kappa shape index (κ3) is 7.78. The number of rotatable bonds is 10. The number of amides is 3. The van der Waals surface area contributed by atoms with Crippen molar-refractivity contribution in [2.24, 2.45) is 5.92 Å². The minimum Gasteiger partial charge on any atom is -0.496 e. The standard InChI is InChI=1S/C40H45Cl2N7O5/c1-54-35-10-7-28(34-25-43-46-45-34)23-31(35)36(50)49-22-14-39(26-49,30-8-9-32(41)33(42)24-30)13-19-47-20-15-40(16-21-47,29-5-3-2-4-6-29)44-38(53)48-17-11-27(12-18-48)37(51)52/h2-10,23-25,27H,11-22,26H2,1H3,(H,44,53)(H,51,52)(H,43,45,46). The van der Waals surface area contributed by atoms with Crippen LogP contribution in [0.4, 0.5) is 4.79 Å². The first-order valence-electron chi connectivity index (χ1n) is 18.5. The maximum absolute atomic E-state index is 14.2. The topological polar surface area (TPSA) is 144 Å². The molecule has 0 radical (unpaired) electrons. The molecule has 54 heavy (non-hydrogen) atoms. The number of nitrogens with zero attached hydrogens (tertiary/aromatic N) is 5. The molecule has 1 unspecified atom stereocenters. The normalized spacial score (nSPS) is 20.5. The minimum atomic E-state index is -0.796. The van der Waals surface area contributed by atoms with E-state index < -0.39 is 17.4 Å².